The number of hydrogen-bond acceptors (Lipinski definition) is 1. The summed E-state index contributed by atoms with van der Waals surface area (Å²) in [6.45, 7) is 0. The van der Waals surface area contributed by atoms with Crippen LogP contribution in [-0.2, 0) is 0 Å². The molecule has 0 aliphatic carbocycles. The van der Waals surface area contributed by atoms with Gasteiger partial charge in [-0.25, -0.2) is 6.07 Å². The maximum atomic E-state index is 2.90. The maximum absolute atomic E-state index is 2.90. The molecule has 0 aromatic carbocycles. The molecule has 30 valence electrons. The third-order valence-electron chi connectivity index (χ3n) is 0.379. The van der Waals surface area contributed by atoms with Gasteiger partial charge in [0.2, 0.25) is 0 Å². The molecule has 0 nitrogen and oxygen atoms in total. The summed E-state index contributed by atoms with van der Waals surface area (Å²) < 4.78 is 0. The molecule has 0 saturated carbocycles. The Morgan fingerprint density at radius 3 is 2.50 bits per heavy atom. The van der Waals surface area contributed by atoms with Gasteiger partial charge in [0.25, 0.3) is 0 Å². The molecule has 1 aromatic heterocycles. The van der Waals surface area contributed by atoms with Crippen molar-refractivity contribution in [2.75, 3.05) is 0 Å². The molecule has 0 amide bonds. The Kier molecular flexibility index (Phi) is 4.42. The summed E-state index contributed by atoms with van der Waals surface area (Å²) in [4.78, 5) is 0. The number of thiophene rings is 1. The van der Waals surface area contributed by atoms with Crippen LogP contribution in [0, 0.1) is 36.5 Å². The van der Waals surface area contributed by atoms with E-state index in [-0.39, 0.29) is 31.1 Å². The van der Waals surface area contributed by atoms with E-state index in [4.69, 9.17) is 0 Å². The zero-order valence-corrected chi connectivity index (χ0v) is 8.12. The van der Waals surface area contributed by atoms with Crippen LogP contribution in [0.3, 0.4) is 0 Å². The third kappa shape index (κ3) is 2.02. The fourth-order valence-electron chi connectivity index (χ4n) is 0.196. The molecule has 0 saturated heterocycles. The van der Waals surface area contributed by atoms with Gasteiger partial charge in [-0.2, -0.15) is 11.4 Å². The average Bonchev–Trinajstić information content (AvgIpc) is 1.76. The van der Waals surface area contributed by atoms with Gasteiger partial charge in [0.15, 0.2) is 0 Å². The first-order valence-corrected chi connectivity index (χ1v) is 2.27. The Hall–Kier alpha value is 0.752. The summed E-state index contributed by atoms with van der Waals surface area (Å²) in [5.41, 5.74) is 0. The van der Waals surface area contributed by atoms with Crippen LogP contribution in [0.2, 0.25) is 0 Å². The molecule has 2 heteroatoms. The van der Waals surface area contributed by atoms with Gasteiger partial charge < -0.3 is 11.3 Å². The molecule has 0 aliphatic heterocycles. The minimum absolute atomic E-state index is 0. The molecule has 0 unspecified atom stereocenters. The fourth-order valence-corrected chi connectivity index (χ4v) is 0.589. The van der Waals surface area contributed by atoms with Crippen molar-refractivity contribution in [3.05, 3.63) is 22.9 Å². The second-order valence-electron chi connectivity index (χ2n) is 0.731. The van der Waals surface area contributed by atoms with E-state index in [2.05, 4.69) is 5.38 Å². The van der Waals surface area contributed by atoms with Crippen molar-refractivity contribution in [1.82, 2.24) is 0 Å². The molecule has 0 N–H and O–H groups in total. The summed E-state index contributed by atoms with van der Waals surface area (Å²) in [5.74, 6) is 0. The van der Waals surface area contributed by atoms with Crippen LogP contribution < -0.4 is 0 Å². The molecule has 6 heavy (non-hydrogen) atoms. The Morgan fingerprint density at radius 2 is 2.33 bits per heavy atom. The van der Waals surface area contributed by atoms with E-state index in [1.807, 2.05) is 17.5 Å². The van der Waals surface area contributed by atoms with Crippen LogP contribution >= 0.6 is 11.3 Å². The van der Waals surface area contributed by atoms with E-state index < -0.39 is 0 Å². The van der Waals surface area contributed by atoms with E-state index >= 15 is 0 Å². The summed E-state index contributed by atoms with van der Waals surface area (Å²) in [5, 5.41) is 4.89. The van der Waals surface area contributed by atoms with E-state index in [1.165, 1.54) is 0 Å². The van der Waals surface area contributed by atoms with Gasteiger partial charge >= 0.3 is 0 Å². The van der Waals surface area contributed by atoms with Crippen LogP contribution in [-0.4, -0.2) is 0 Å². The van der Waals surface area contributed by atoms with Crippen LogP contribution in [0.25, 0.3) is 0 Å². The first-order chi connectivity index (χ1) is 2.50. The van der Waals surface area contributed by atoms with Gasteiger partial charge in [-0.15, -0.1) is 5.38 Å². The Bertz CT molecular complexity index is 64.0. The zero-order valence-electron chi connectivity index (χ0n) is 3.14. The van der Waals surface area contributed by atoms with E-state index in [9.17, 15) is 0 Å². The molecule has 1 rings (SSSR count). The molecule has 0 aliphatic rings. The first-order valence-electron chi connectivity index (χ1n) is 1.40. The van der Waals surface area contributed by atoms with E-state index in [0.29, 0.717) is 0 Å². The quantitative estimate of drug-likeness (QED) is 0.636. The molecular weight excluding hydrogens is 318 g/mol. The molecule has 0 bridgehead atoms. The van der Waals surface area contributed by atoms with Gasteiger partial charge in [0.05, 0.1) is 0 Å². The van der Waals surface area contributed by atoms with Crippen molar-refractivity contribution >= 4 is 11.3 Å². The Labute approximate surface area is 65.0 Å². The van der Waals surface area contributed by atoms with Crippen molar-refractivity contribution in [3.63, 3.8) is 0 Å². The second kappa shape index (κ2) is 3.93. The van der Waals surface area contributed by atoms with Gasteiger partial charge in [0.1, 0.15) is 0 Å². The third-order valence-corrected chi connectivity index (χ3v) is 0.944. The number of rotatable bonds is 0. The molecule has 0 fully saturated rings. The maximum Gasteiger partial charge on any atom is 0 e. The minimum atomic E-state index is 0. The van der Waals surface area contributed by atoms with Crippen LogP contribution in [0.5, 0.6) is 0 Å². The van der Waals surface area contributed by atoms with Crippen LogP contribution in [0.4, 0.5) is 0 Å². The van der Waals surface area contributed by atoms with Crippen molar-refractivity contribution in [2.24, 2.45) is 0 Å². The molecular formula is C4H3SU-. The number of hydrogen-bond donors (Lipinski definition) is 0. The Balaban J connectivity index is 0.000000250. The summed E-state index contributed by atoms with van der Waals surface area (Å²) in [6, 6.07) is 3.86. The van der Waals surface area contributed by atoms with Crippen molar-refractivity contribution in [2.45, 2.75) is 0 Å². The van der Waals surface area contributed by atoms with Crippen LogP contribution in [0.15, 0.2) is 17.5 Å². The average molecular weight is 321 g/mol. The van der Waals surface area contributed by atoms with Gasteiger partial charge in [-0.05, 0) is 0 Å². The largest absolute Gasteiger partial charge is 0.304 e. The predicted octanol–water partition coefficient (Wildman–Crippen LogP) is 1.55. The topological polar surface area (TPSA) is 0 Å². The summed E-state index contributed by atoms with van der Waals surface area (Å²) >= 11 is 1.59. The van der Waals surface area contributed by atoms with Gasteiger partial charge in [-0.1, -0.05) is 0 Å². The predicted molar refractivity (Wildman–Crippen MR) is 23.2 cm³/mol. The second-order valence-corrected chi connectivity index (χ2v) is 1.47. The van der Waals surface area contributed by atoms with Gasteiger partial charge in [-0.3, -0.25) is 0 Å². The van der Waals surface area contributed by atoms with E-state index in [1.54, 1.807) is 11.3 Å². The SMILES string of the molecule is [U].[c-]1cccs1. The summed E-state index contributed by atoms with van der Waals surface area (Å²) in [7, 11) is 0. The summed E-state index contributed by atoms with van der Waals surface area (Å²) in [6.07, 6.45) is 0. The zero-order chi connectivity index (χ0) is 3.54. The monoisotopic (exact) mass is 321 g/mol. The molecule has 0 atom stereocenters. The van der Waals surface area contributed by atoms with Gasteiger partial charge in [0, 0.05) is 31.1 Å². The van der Waals surface area contributed by atoms with Crippen molar-refractivity contribution in [1.29, 1.82) is 0 Å². The molecule has 0 radical (unpaired) electrons. The van der Waals surface area contributed by atoms with Crippen LogP contribution in [0.1, 0.15) is 0 Å². The van der Waals surface area contributed by atoms with Crippen molar-refractivity contribution in [3.8, 4) is 0 Å². The fraction of sp³-hybridized carbons (Fsp3) is 0. The molecule has 0 spiro atoms. The smallest absolute Gasteiger partial charge is 0 e. The standard InChI is InChI=1S/C4H3S.U/c1-2-4-5-3-1;/h1-3H;/q-1;. The van der Waals surface area contributed by atoms with Crippen molar-refractivity contribution < 1.29 is 31.1 Å². The molecule has 1 heterocycles. The normalized spacial score (nSPS) is 6.67. The Morgan fingerprint density at radius 1 is 1.50 bits per heavy atom. The first kappa shape index (κ1) is 6.75. The molecule has 1 aromatic rings. The van der Waals surface area contributed by atoms with E-state index in [0.717, 1.165) is 0 Å². The minimum Gasteiger partial charge on any atom is -0.304 e.